The molecule has 1 aromatic heterocycles. The monoisotopic (exact) mass is 411 g/mol. The molecule has 1 aliphatic carbocycles. The molecule has 1 atom stereocenters. The van der Waals surface area contributed by atoms with E-state index in [0.29, 0.717) is 29.8 Å². The van der Waals surface area contributed by atoms with Crippen LogP contribution in [0.2, 0.25) is 0 Å². The molecule has 1 aliphatic heterocycles. The van der Waals surface area contributed by atoms with Gasteiger partial charge in [0, 0.05) is 31.9 Å². The lowest BCUT2D eigenvalue weighted by Crippen LogP contribution is -2.40. The first-order valence-corrected chi connectivity index (χ1v) is 10.9. The summed E-state index contributed by atoms with van der Waals surface area (Å²) in [5, 5.41) is 0. The van der Waals surface area contributed by atoms with E-state index in [1.165, 1.54) is 25.3 Å². The molecule has 1 unspecified atom stereocenters. The number of halogens is 3. The standard InChI is InChI=1S/C22H32F3N3O/c1-2-18-13-19(22(23,24)25)14-26-21(18)27-11-6-7-17(15-27)10-12-28(16-29)20-8-4-3-5-9-20/h13-14,16-17,20H,2-12,15H2,1H3. The minimum atomic E-state index is -4.36. The van der Waals surface area contributed by atoms with Gasteiger partial charge in [-0.15, -0.1) is 0 Å². The van der Waals surface area contributed by atoms with E-state index >= 15 is 0 Å². The number of hydrogen-bond donors (Lipinski definition) is 0. The molecule has 2 heterocycles. The average molecular weight is 412 g/mol. The summed E-state index contributed by atoms with van der Waals surface area (Å²) in [5.41, 5.74) is -0.0297. The summed E-state index contributed by atoms with van der Waals surface area (Å²) in [5.74, 6) is 1.12. The first kappa shape index (κ1) is 21.9. The van der Waals surface area contributed by atoms with Crippen LogP contribution >= 0.6 is 0 Å². The number of nitrogens with zero attached hydrogens (tertiary/aromatic N) is 3. The van der Waals surface area contributed by atoms with Crippen molar-refractivity contribution in [1.29, 1.82) is 0 Å². The summed E-state index contributed by atoms with van der Waals surface area (Å²) >= 11 is 0. The molecule has 3 rings (SSSR count). The van der Waals surface area contributed by atoms with Gasteiger partial charge in [0.2, 0.25) is 6.41 Å². The van der Waals surface area contributed by atoms with Crippen molar-refractivity contribution >= 4 is 12.2 Å². The Kier molecular flexibility index (Phi) is 7.41. The third-order valence-corrected chi connectivity index (χ3v) is 6.44. The second kappa shape index (κ2) is 9.81. The summed E-state index contributed by atoms with van der Waals surface area (Å²) in [6.07, 6.45) is 7.02. The number of aryl methyl sites for hydroxylation is 1. The normalized spacial score (nSPS) is 21.2. The minimum Gasteiger partial charge on any atom is -0.356 e. The zero-order chi connectivity index (χ0) is 20.9. The Bertz CT molecular complexity index is 674. The second-order valence-corrected chi connectivity index (χ2v) is 8.44. The van der Waals surface area contributed by atoms with Crippen molar-refractivity contribution in [3.8, 4) is 0 Å². The molecule has 1 amide bonds. The average Bonchev–Trinajstić information content (AvgIpc) is 2.74. The number of hydrogen-bond acceptors (Lipinski definition) is 3. The lowest BCUT2D eigenvalue weighted by molar-refractivity contribution is -0.137. The van der Waals surface area contributed by atoms with Gasteiger partial charge in [0.1, 0.15) is 5.82 Å². The van der Waals surface area contributed by atoms with Gasteiger partial charge in [-0.1, -0.05) is 26.2 Å². The molecule has 1 aromatic rings. The third kappa shape index (κ3) is 5.64. The van der Waals surface area contributed by atoms with Crippen LogP contribution in [0.5, 0.6) is 0 Å². The lowest BCUT2D eigenvalue weighted by Gasteiger charge is -2.37. The van der Waals surface area contributed by atoms with E-state index in [4.69, 9.17) is 0 Å². The Morgan fingerprint density at radius 3 is 2.62 bits per heavy atom. The van der Waals surface area contributed by atoms with Gasteiger partial charge in [-0.25, -0.2) is 4.98 Å². The predicted octanol–water partition coefficient (Wildman–Crippen LogP) is 5.06. The maximum atomic E-state index is 13.0. The molecule has 1 saturated carbocycles. The number of aromatic nitrogens is 1. The molecule has 2 aliphatic rings. The fourth-order valence-electron chi connectivity index (χ4n) is 4.76. The second-order valence-electron chi connectivity index (χ2n) is 8.44. The Labute approximate surface area is 171 Å². The number of piperidine rings is 1. The lowest BCUT2D eigenvalue weighted by atomic mass is 9.92. The van der Waals surface area contributed by atoms with Gasteiger partial charge in [-0.3, -0.25) is 4.79 Å². The molecule has 7 heteroatoms. The Hall–Kier alpha value is -1.79. The Morgan fingerprint density at radius 2 is 1.97 bits per heavy atom. The van der Waals surface area contributed by atoms with Crippen LogP contribution in [-0.2, 0) is 17.4 Å². The van der Waals surface area contributed by atoms with Crippen LogP contribution in [0.4, 0.5) is 19.0 Å². The zero-order valence-corrected chi connectivity index (χ0v) is 17.3. The molecule has 1 saturated heterocycles. The van der Waals surface area contributed by atoms with Crippen LogP contribution in [-0.4, -0.2) is 42.0 Å². The van der Waals surface area contributed by atoms with E-state index in [9.17, 15) is 18.0 Å². The Morgan fingerprint density at radius 1 is 1.21 bits per heavy atom. The number of anilines is 1. The highest BCUT2D eigenvalue weighted by Crippen LogP contribution is 2.33. The molecule has 2 fully saturated rings. The van der Waals surface area contributed by atoms with Gasteiger partial charge < -0.3 is 9.80 Å². The molecule has 0 N–H and O–H groups in total. The fourth-order valence-corrected chi connectivity index (χ4v) is 4.76. The van der Waals surface area contributed by atoms with Crippen LogP contribution in [0.25, 0.3) is 0 Å². The summed E-state index contributed by atoms with van der Waals surface area (Å²) in [7, 11) is 0. The number of rotatable bonds is 7. The van der Waals surface area contributed by atoms with Gasteiger partial charge >= 0.3 is 6.18 Å². The molecule has 4 nitrogen and oxygen atoms in total. The van der Waals surface area contributed by atoms with Crippen molar-refractivity contribution < 1.29 is 18.0 Å². The molecule has 0 bridgehead atoms. The molecule has 29 heavy (non-hydrogen) atoms. The SMILES string of the molecule is CCc1cc(C(F)(F)F)cnc1N1CCCC(CCN(C=O)C2CCCCC2)C1. The van der Waals surface area contributed by atoms with Crippen LogP contribution < -0.4 is 4.90 Å². The smallest absolute Gasteiger partial charge is 0.356 e. The van der Waals surface area contributed by atoms with Crippen molar-refractivity contribution in [3.63, 3.8) is 0 Å². The van der Waals surface area contributed by atoms with Crippen molar-refractivity contribution in [2.45, 2.75) is 76.9 Å². The van der Waals surface area contributed by atoms with Crippen LogP contribution in [0, 0.1) is 5.92 Å². The zero-order valence-electron chi connectivity index (χ0n) is 17.3. The third-order valence-electron chi connectivity index (χ3n) is 6.44. The van der Waals surface area contributed by atoms with Gasteiger partial charge in [0.15, 0.2) is 0 Å². The van der Waals surface area contributed by atoms with Crippen molar-refractivity contribution in [2.24, 2.45) is 5.92 Å². The fraction of sp³-hybridized carbons (Fsp3) is 0.727. The highest BCUT2D eigenvalue weighted by atomic mass is 19.4. The largest absolute Gasteiger partial charge is 0.417 e. The summed E-state index contributed by atoms with van der Waals surface area (Å²) in [6, 6.07) is 1.62. The van der Waals surface area contributed by atoms with Crippen molar-refractivity contribution in [1.82, 2.24) is 9.88 Å². The van der Waals surface area contributed by atoms with Gasteiger partial charge in [-0.2, -0.15) is 13.2 Å². The number of alkyl halides is 3. The summed E-state index contributed by atoms with van der Waals surface area (Å²) < 4.78 is 39.0. The number of amides is 1. The highest BCUT2D eigenvalue weighted by molar-refractivity contribution is 5.49. The topological polar surface area (TPSA) is 36.4 Å². The molecule has 0 spiro atoms. The van der Waals surface area contributed by atoms with Crippen LogP contribution in [0.1, 0.15) is 69.4 Å². The van der Waals surface area contributed by atoms with E-state index in [0.717, 1.165) is 64.3 Å². The predicted molar refractivity (Wildman–Crippen MR) is 108 cm³/mol. The van der Waals surface area contributed by atoms with Gasteiger partial charge in [0.25, 0.3) is 0 Å². The van der Waals surface area contributed by atoms with Crippen molar-refractivity contribution in [3.05, 3.63) is 23.4 Å². The van der Waals surface area contributed by atoms with Gasteiger partial charge in [0.05, 0.1) is 5.56 Å². The van der Waals surface area contributed by atoms with Crippen LogP contribution in [0.3, 0.4) is 0 Å². The number of pyridine rings is 1. The van der Waals surface area contributed by atoms with Gasteiger partial charge in [-0.05, 0) is 56.1 Å². The van der Waals surface area contributed by atoms with E-state index < -0.39 is 11.7 Å². The highest BCUT2D eigenvalue weighted by Gasteiger charge is 2.32. The number of carbonyl (C=O) groups excluding carboxylic acids is 1. The maximum absolute atomic E-state index is 13.0. The van der Waals surface area contributed by atoms with E-state index in [-0.39, 0.29) is 0 Å². The quantitative estimate of drug-likeness (QED) is 0.589. The maximum Gasteiger partial charge on any atom is 0.417 e. The number of carbonyl (C=O) groups is 1. The van der Waals surface area contributed by atoms with E-state index in [1.807, 2.05) is 11.8 Å². The molecular formula is C22H32F3N3O. The molecule has 162 valence electrons. The van der Waals surface area contributed by atoms with Crippen LogP contribution in [0.15, 0.2) is 12.3 Å². The molecule has 0 radical (unpaired) electrons. The first-order valence-electron chi connectivity index (χ1n) is 10.9. The van der Waals surface area contributed by atoms with E-state index in [2.05, 4.69) is 9.88 Å². The molecular weight excluding hydrogens is 379 g/mol. The molecule has 0 aromatic carbocycles. The minimum absolute atomic E-state index is 0.379. The summed E-state index contributed by atoms with van der Waals surface area (Å²) in [6.45, 7) is 4.26. The van der Waals surface area contributed by atoms with Crippen molar-refractivity contribution in [2.75, 3.05) is 24.5 Å². The summed E-state index contributed by atoms with van der Waals surface area (Å²) in [4.78, 5) is 19.9. The Balaban J connectivity index is 1.62. The first-order chi connectivity index (χ1) is 13.9. The van der Waals surface area contributed by atoms with E-state index in [1.54, 1.807) is 0 Å².